The van der Waals surface area contributed by atoms with Gasteiger partial charge in [0.25, 0.3) is 0 Å². The van der Waals surface area contributed by atoms with E-state index < -0.39 is 23.6 Å². The zero-order chi connectivity index (χ0) is 12.7. The molecule has 0 spiro atoms. The number of hydrogen-bond acceptors (Lipinski definition) is 4. The van der Waals surface area contributed by atoms with Crippen molar-refractivity contribution < 1.29 is 19.8 Å². The standard InChI is InChI=1S/C9H15NO4S2/c1-3-10(4-2)9(15)16-6(8(13)14)5-7(11)12/h6H,3-5H2,1-2H3,(H,11,12)(H,13,14)/t6-/m0/s1. The molecule has 92 valence electrons. The Morgan fingerprint density at radius 2 is 1.81 bits per heavy atom. The number of rotatable bonds is 6. The molecule has 7 heteroatoms. The predicted octanol–water partition coefficient (Wildman–Crippen LogP) is 1.27. The van der Waals surface area contributed by atoms with Crippen LogP contribution in [-0.2, 0) is 9.59 Å². The molecule has 0 radical (unpaired) electrons. The summed E-state index contributed by atoms with van der Waals surface area (Å²) in [6.45, 7) is 5.18. The maximum absolute atomic E-state index is 10.8. The van der Waals surface area contributed by atoms with Crippen LogP contribution in [0.1, 0.15) is 20.3 Å². The molecule has 0 rings (SSSR count). The van der Waals surface area contributed by atoms with Crippen molar-refractivity contribution >= 4 is 40.2 Å². The second kappa shape index (κ2) is 7.45. The van der Waals surface area contributed by atoms with E-state index in [1.54, 1.807) is 0 Å². The van der Waals surface area contributed by atoms with Gasteiger partial charge in [-0.25, -0.2) is 0 Å². The summed E-state index contributed by atoms with van der Waals surface area (Å²) in [4.78, 5) is 23.1. The van der Waals surface area contributed by atoms with Crippen LogP contribution in [0.4, 0.5) is 0 Å². The maximum Gasteiger partial charge on any atom is 0.317 e. The summed E-state index contributed by atoms with van der Waals surface area (Å²) in [7, 11) is 0. The number of carboxylic acid groups (broad SMARTS) is 2. The molecule has 0 fully saturated rings. The van der Waals surface area contributed by atoms with E-state index in [1.165, 1.54) is 0 Å². The van der Waals surface area contributed by atoms with Crippen LogP contribution in [0.2, 0.25) is 0 Å². The molecule has 0 amide bonds. The largest absolute Gasteiger partial charge is 0.481 e. The van der Waals surface area contributed by atoms with Crippen molar-refractivity contribution in [1.29, 1.82) is 0 Å². The van der Waals surface area contributed by atoms with Gasteiger partial charge in [-0.2, -0.15) is 0 Å². The maximum atomic E-state index is 10.8. The Balaban J connectivity index is 4.44. The lowest BCUT2D eigenvalue weighted by atomic mass is 10.3. The number of thioether (sulfide) groups is 1. The van der Waals surface area contributed by atoms with E-state index in [0.717, 1.165) is 11.8 Å². The molecule has 16 heavy (non-hydrogen) atoms. The number of hydrogen-bond donors (Lipinski definition) is 2. The molecule has 0 aromatic carbocycles. The average Bonchev–Trinajstić information content (AvgIpc) is 2.17. The first-order valence-electron chi connectivity index (χ1n) is 4.82. The van der Waals surface area contributed by atoms with Gasteiger partial charge in [-0.1, -0.05) is 24.0 Å². The molecule has 0 aromatic rings. The van der Waals surface area contributed by atoms with Crippen molar-refractivity contribution in [2.75, 3.05) is 13.1 Å². The SMILES string of the molecule is CCN(CC)C(=S)S[C@@H](CC(=O)O)C(=O)O. The van der Waals surface area contributed by atoms with Crippen molar-refractivity contribution in [3.05, 3.63) is 0 Å². The summed E-state index contributed by atoms with van der Waals surface area (Å²) in [6, 6.07) is 0. The Labute approximate surface area is 104 Å². The lowest BCUT2D eigenvalue weighted by Gasteiger charge is -2.22. The Bertz CT molecular complexity index is 279. The summed E-state index contributed by atoms with van der Waals surface area (Å²) >= 11 is 5.97. The molecule has 0 aromatic heterocycles. The van der Waals surface area contributed by atoms with Crippen LogP contribution < -0.4 is 0 Å². The van der Waals surface area contributed by atoms with Gasteiger partial charge in [-0.05, 0) is 13.8 Å². The van der Waals surface area contributed by atoms with Crippen molar-refractivity contribution in [2.24, 2.45) is 0 Å². The quantitative estimate of drug-likeness (QED) is 0.700. The lowest BCUT2D eigenvalue weighted by Crippen LogP contribution is -2.31. The number of nitrogens with zero attached hydrogens (tertiary/aromatic N) is 1. The van der Waals surface area contributed by atoms with Crippen LogP contribution in [0.25, 0.3) is 0 Å². The minimum absolute atomic E-state index is 0.429. The minimum Gasteiger partial charge on any atom is -0.481 e. The van der Waals surface area contributed by atoms with Gasteiger partial charge in [0, 0.05) is 13.1 Å². The molecular formula is C9H15NO4S2. The lowest BCUT2D eigenvalue weighted by molar-refractivity contribution is -0.142. The number of carbonyl (C=O) groups is 2. The molecular weight excluding hydrogens is 250 g/mol. The zero-order valence-corrected chi connectivity index (χ0v) is 10.8. The monoisotopic (exact) mass is 265 g/mol. The molecule has 0 unspecified atom stereocenters. The minimum atomic E-state index is -1.15. The van der Waals surface area contributed by atoms with Gasteiger partial charge in [-0.3, -0.25) is 9.59 Å². The Morgan fingerprint density at radius 3 is 2.12 bits per heavy atom. The topological polar surface area (TPSA) is 77.8 Å². The molecule has 0 saturated carbocycles. The number of aliphatic carboxylic acids is 2. The smallest absolute Gasteiger partial charge is 0.317 e. The van der Waals surface area contributed by atoms with E-state index in [9.17, 15) is 9.59 Å². The third-order valence-electron chi connectivity index (χ3n) is 1.90. The summed E-state index contributed by atoms with van der Waals surface area (Å²) in [5.41, 5.74) is 0. The van der Waals surface area contributed by atoms with E-state index >= 15 is 0 Å². The van der Waals surface area contributed by atoms with Crippen LogP contribution in [0, 0.1) is 0 Å². The molecule has 1 atom stereocenters. The Hall–Kier alpha value is -0.820. The van der Waals surface area contributed by atoms with Crippen LogP contribution >= 0.6 is 24.0 Å². The molecule has 2 N–H and O–H groups in total. The Morgan fingerprint density at radius 1 is 1.31 bits per heavy atom. The highest BCUT2D eigenvalue weighted by Crippen LogP contribution is 2.19. The molecule has 0 bridgehead atoms. The molecule has 0 aliphatic rings. The Kier molecular flexibility index (Phi) is 7.07. The highest BCUT2D eigenvalue weighted by molar-refractivity contribution is 8.23. The third-order valence-corrected chi connectivity index (χ3v) is 3.56. The van der Waals surface area contributed by atoms with E-state index in [4.69, 9.17) is 22.4 Å². The second-order valence-corrected chi connectivity index (χ2v) is 4.82. The van der Waals surface area contributed by atoms with Gasteiger partial charge in [-0.15, -0.1) is 0 Å². The van der Waals surface area contributed by atoms with Crippen molar-refractivity contribution in [2.45, 2.75) is 25.5 Å². The molecule has 0 aliphatic heterocycles. The predicted molar refractivity (Wildman–Crippen MR) is 66.8 cm³/mol. The molecule has 0 heterocycles. The van der Waals surface area contributed by atoms with Crippen molar-refractivity contribution in [3.8, 4) is 0 Å². The second-order valence-electron chi connectivity index (χ2n) is 2.98. The zero-order valence-electron chi connectivity index (χ0n) is 9.17. The van der Waals surface area contributed by atoms with E-state index in [2.05, 4.69) is 0 Å². The fourth-order valence-electron chi connectivity index (χ4n) is 1.02. The van der Waals surface area contributed by atoms with E-state index in [1.807, 2.05) is 18.7 Å². The van der Waals surface area contributed by atoms with Gasteiger partial charge >= 0.3 is 11.9 Å². The number of thiocarbonyl (C=S) groups is 1. The number of carboxylic acids is 2. The molecule has 0 saturated heterocycles. The van der Waals surface area contributed by atoms with Crippen LogP contribution in [0.15, 0.2) is 0 Å². The molecule has 0 aliphatic carbocycles. The van der Waals surface area contributed by atoms with Crippen LogP contribution in [0.5, 0.6) is 0 Å². The first-order chi connectivity index (χ1) is 7.42. The van der Waals surface area contributed by atoms with Crippen molar-refractivity contribution in [3.63, 3.8) is 0 Å². The fourth-order valence-corrected chi connectivity index (χ4v) is 2.60. The van der Waals surface area contributed by atoms with Gasteiger partial charge in [0.15, 0.2) is 0 Å². The first kappa shape index (κ1) is 15.2. The summed E-state index contributed by atoms with van der Waals surface area (Å²) < 4.78 is 0.429. The summed E-state index contributed by atoms with van der Waals surface area (Å²) in [5.74, 6) is -2.29. The van der Waals surface area contributed by atoms with Crippen LogP contribution in [-0.4, -0.2) is 49.7 Å². The summed E-state index contributed by atoms with van der Waals surface area (Å²) in [6.07, 6.45) is -0.429. The van der Waals surface area contributed by atoms with Crippen LogP contribution in [0.3, 0.4) is 0 Å². The highest BCUT2D eigenvalue weighted by Gasteiger charge is 2.24. The van der Waals surface area contributed by atoms with E-state index in [-0.39, 0.29) is 0 Å². The molecule has 5 nitrogen and oxygen atoms in total. The third kappa shape index (κ3) is 5.32. The van der Waals surface area contributed by atoms with Crippen molar-refractivity contribution in [1.82, 2.24) is 4.90 Å². The average molecular weight is 265 g/mol. The van der Waals surface area contributed by atoms with Gasteiger partial charge in [0.05, 0.1) is 6.42 Å². The van der Waals surface area contributed by atoms with Gasteiger partial charge in [0.2, 0.25) is 0 Å². The van der Waals surface area contributed by atoms with Gasteiger partial charge in [0.1, 0.15) is 9.57 Å². The van der Waals surface area contributed by atoms with E-state index in [0.29, 0.717) is 17.4 Å². The first-order valence-corrected chi connectivity index (χ1v) is 6.11. The van der Waals surface area contributed by atoms with Gasteiger partial charge < -0.3 is 15.1 Å². The highest BCUT2D eigenvalue weighted by atomic mass is 32.2. The normalized spacial score (nSPS) is 11.9. The summed E-state index contributed by atoms with van der Waals surface area (Å²) in [5, 5.41) is 16.4. The fraction of sp³-hybridized carbons (Fsp3) is 0.667.